The molecule has 0 aromatic heterocycles. The van der Waals surface area contributed by atoms with Crippen molar-refractivity contribution >= 4 is 17.8 Å². The fraction of sp³-hybridized carbons (Fsp3) is 0.933. The van der Waals surface area contributed by atoms with E-state index < -0.39 is 148 Å². The van der Waals surface area contributed by atoms with E-state index in [0.29, 0.717) is 19.3 Å². The van der Waals surface area contributed by atoms with E-state index >= 15 is 0 Å². The van der Waals surface area contributed by atoms with Crippen LogP contribution in [0.3, 0.4) is 0 Å². The van der Waals surface area contributed by atoms with Gasteiger partial charge in [0.15, 0.2) is 12.6 Å². The first-order valence-electron chi connectivity index (χ1n) is 39.0. The quantitative estimate of drug-likeness (QED) is 0.0199. The van der Waals surface area contributed by atoms with E-state index in [9.17, 15) is 75.7 Å². The molecule has 23 heteroatoms. The van der Waals surface area contributed by atoms with Gasteiger partial charge in [-0.3, -0.25) is 9.59 Å². The Hall–Kier alpha value is -2.53. The molecule has 3 aliphatic rings. The minimum Gasteiger partial charge on any atom is -0.477 e. The Labute approximate surface area is 588 Å². The maximum absolute atomic E-state index is 13.5. The molecule has 3 fully saturated rings. The maximum atomic E-state index is 13.5. The zero-order valence-electron chi connectivity index (χ0n) is 60.7. The first-order valence-corrected chi connectivity index (χ1v) is 39.0. The topological polar surface area (TPSA) is 373 Å². The van der Waals surface area contributed by atoms with E-state index in [1.54, 1.807) is 0 Å². The lowest BCUT2D eigenvalue weighted by Crippen LogP contribution is -2.70. The van der Waals surface area contributed by atoms with E-state index in [0.717, 1.165) is 84.0 Å². The summed E-state index contributed by atoms with van der Waals surface area (Å²) in [5.74, 6) is -6.10. The van der Waals surface area contributed by atoms with Crippen LogP contribution in [0.15, 0.2) is 12.2 Å². The van der Waals surface area contributed by atoms with Crippen molar-refractivity contribution in [2.75, 3.05) is 26.4 Å². The smallest absolute Gasteiger partial charge is 0.364 e. The number of carbonyl (C=O) groups is 3. The number of hydrogen-bond donors (Lipinski definition) is 14. The summed E-state index contributed by atoms with van der Waals surface area (Å²) in [6, 6.07) is -2.53. The highest BCUT2D eigenvalue weighted by atomic mass is 16.8. The van der Waals surface area contributed by atoms with Crippen molar-refractivity contribution in [2.45, 2.75) is 420 Å². The Morgan fingerprint density at radius 1 is 0.520 bits per heavy atom. The van der Waals surface area contributed by atoms with Gasteiger partial charge in [-0.25, -0.2) is 4.79 Å². The molecule has 0 aromatic rings. The van der Waals surface area contributed by atoms with Gasteiger partial charge in [0.25, 0.3) is 5.79 Å². The minimum atomic E-state index is -3.08. The average Bonchev–Trinajstić information content (AvgIpc) is 0.755. The number of ether oxygens (including phenoxy) is 6. The van der Waals surface area contributed by atoms with Crippen LogP contribution in [-0.2, 0) is 42.8 Å². The van der Waals surface area contributed by atoms with E-state index in [-0.39, 0.29) is 18.9 Å². The minimum absolute atomic E-state index is 0.220. The Morgan fingerprint density at radius 2 is 0.949 bits per heavy atom. The number of carboxylic acids is 1. The number of unbranched alkanes of at least 4 members (excludes halogenated alkanes) is 39. The molecule has 0 spiro atoms. The van der Waals surface area contributed by atoms with Gasteiger partial charge >= 0.3 is 5.97 Å². The van der Waals surface area contributed by atoms with Gasteiger partial charge in [0.05, 0.1) is 50.7 Å². The molecule has 0 aromatic carbocycles. The zero-order chi connectivity index (χ0) is 71.8. The third-order valence-corrected chi connectivity index (χ3v) is 20.0. The summed E-state index contributed by atoms with van der Waals surface area (Å²) in [7, 11) is 0. The molecule has 3 rings (SSSR count). The maximum Gasteiger partial charge on any atom is 0.364 e. The highest BCUT2D eigenvalue weighted by Crippen LogP contribution is 2.39. The van der Waals surface area contributed by atoms with Gasteiger partial charge in [0, 0.05) is 19.8 Å². The second kappa shape index (κ2) is 55.0. The van der Waals surface area contributed by atoms with Crippen molar-refractivity contribution in [2.24, 2.45) is 0 Å². The molecule has 576 valence electrons. The Balaban J connectivity index is 1.54. The number of amides is 2. The lowest BCUT2D eigenvalue weighted by atomic mass is 9.88. The monoisotopic (exact) mass is 1400 g/mol. The first kappa shape index (κ1) is 89.7. The van der Waals surface area contributed by atoms with Gasteiger partial charge in [-0.15, -0.1) is 0 Å². The third kappa shape index (κ3) is 35.8. The number of hydrogen-bond acceptors (Lipinski definition) is 20. The second-order valence-electron chi connectivity index (χ2n) is 28.6. The normalized spacial score (nSPS) is 27.3. The van der Waals surface area contributed by atoms with E-state index in [2.05, 4.69) is 36.6 Å². The molecular weight excluding hydrogens is 1260 g/mol. The van der Waals surface area contributed by atoms with Gasteiger partial charge in [0.1, 0.15) is 67.1 Å². The van der Waals surface area contributed by atoms with Crippen LogP contribution < -0.4 is 10.6 Å². The van der Waals surface area contributed by atoms with Crippen LogP contribution in [0.25, 0.3) is 0 Å². The number of rotatable bonds is 61. The predicted molar refractivity (Wildman–Crippen MR) is 375 cm³/mol. The molecule has 3 saturated heterocycles. The number of nitrogens with one attached hydrogen (secondary N) is 2. The van der Waals surface area contributed by atoms with Crippen molar-refractivity contribution in [1.82, 2.24) is 10.6 Å². The largest absolute Gasteiger partial charge is 0.477 e. The fourth-order valence-corrected chi connectivity index (χ4v) is 13.8. The molecule has 0 radical (unpaired) electrons. The summed E-state index contributed by atoms with van der Waals surface area (Å²) in [4.78, 5) is 38.7. The lowest BCUT2D eigenvalue weighted by Gasteiger charge is -2.50. The van der Waals surface area contributed by atoms with Crippen molar-refractivity contribution in [1.29, 1.82) is 0 Å². The van der Waals surface area contributed by atoms with E-state index in [1.807, 2.05) is 0 Å². The molecule has 2 amide bonds. The number of carbonyl (C=O) groups excluding carboxylic acids is 2. The molecule has 18 unspecified atom stereocenters. The van der Waals surface area contributed by atoms with Gasteiger partial charge in [-0.2, -0.15) is 0 Å². The number of aliphatic hydroxyl groups is 11. The number of carboxylic acid groups (broad SMARTS) is 1. The Morgan fingerprint density at radius 3 is 1.38 bits per heavy atom. The highest BCUT2D eigenvalue weighted by molar-refractivity contribution is 5.77. The third-order valence-electron chi connectivity index (χ3n) is 20.0. The predicted octanol–water partition coefficient (Wildman–Crippen LogP) is 9.41. The molecule has 3 aliphatic heterocycles. The van der Waals surface area contributed by atoms with Crippen LogP contribution in [0.5, 0.6) is 0 Å². The summed E-state index contributed by atoms with van der Waals surface area (Å²) in [5, 5.41) is 136. The number of allylic oxidation sites excluding steroid dienone is 2. The van der Waals surface area contributed by atoms with Crippen LogP contribution in [0.4, 0.5) is 0 Å². The molecule has 0 bridgehead atoms. The Bertz CT molecular complexity index is 2010. The average molecular weight is 1410 g/mol. The van der Waals surface area contributed by atoms with Crippen LogP contribution in [0, 0.1) is 0 Å². The molecule has 0 aliphatic carbocycles. The molecule has 14 N–H and O–H groups in total. The highest BCUT2D eigenvalue weighted by Gasteiger charge is 2.60. The second-order valence-corrected chi connectivity index (χ2v) is 28.6. The van der Waals surface area contributed by atoms with Crippen molar-refractivity contribution in [3.8, 4) is 0 Å². The summed E-state index contributed by atoms with van der Waals surface area (Å²) in [6.45, 7) is 2.25. The SMILES string of the molecule is CCCCCCCCCCC/C=C\CCCCCCCCCC(=O)NC(COC1OC(CO)C(OC2OC(CO)C(O)C(OC3(C(=O)O)CC(O)C(NC(C)=O)C(C(O)C(O)CO)O3)C2O)C(O)C1O)C(O)CCCCCCCCCCCCCCCCCCCCCCCCCC. The summed E-state index contributed by atoms with van der Waals surface area (Å²) >= 11 is 0. The lowest BCUT2D eigenvalue weighted by molar-refractivity contribution is -0.386. The molecule has 0 saturated carbocycles. The fourth-order valence-electron chi connectivity index (χ4n) is 13.8. The van der Waals surface area contributed by atoms with E-state index in [4.69, 9.17) is 28.4 Å². The van der Waals surface area contributed by atoms with Crippen molar-refractivity contribution < 1.29 is 104 Å². The molecule has 18 atom stereocenters. The molecule has 98 heavy (non-hydrogen) atoms. The molecule has 3 heterocycles. The van der Waals surface area contributed by atoms with Gasteiger partial charge in [0.2, 0.25) is 11.8 Å². The number of aliphatic carboxylic acids is 1. The Kier molecular flexibility index (Phi) is 50.4. The summed E-state index contributed by atoms with van der Waals surface area (Å²) in [5.41, 5.74) is 0. The number of aliphatic hydroxyl groups excluding tert-OH is 11. The van der Waals surface area contributed by atoms with Crippen molar-refractivity contribution in [3.05, 3.63) is 12.2 Å². The van der Waals surface area contributed by atoms with E-state index in [1.165, 1.54) is 180 Å². The van der Waals surface area contributed by atoms with Gasteiger partial charge in [-0.1, -0.05) is 264 Å². The van der Waals surface area contributed by atoms with Crippen LogP contribution in [-0.4, -0.2) is 215 Å². The van der Waals surface area contributed by atoms with Gasteiger partial charge in [-0.05, 0) is 38.5 Å². The summed E-state index contributed by atoms with van der Waals surface area (Å²) < 4.78 is 35.0. The molecule has 23 nitrogen and oxygen atoms in total. The zero-order valence-corrected chi connectivity index (χ0v) is 60.7. The first-order chi connectivity index (χ1) is 47.4. The standard InChI is InChI=1S/C75H140N2O21/c1-4-6-8-10-12-14-16-18-20-22-24-26-27-28-29-30-32-34-36-38-40-42-44-46-48-57(82)56(77-62(85)49-47-45-43-41-39-37-35-33-31-25-23-21-19-17-15-13-11-9-7-5-2)54-93-72-67(89)66(88)69(61(53-80)95-72)96-73-68(90)71(65(87)60(52-79)94-73)98-75(74(91)92)50-58(83)63(76-55(3)81)70(97-75)64(86)59(84)51-78/h25,31,56-61,63-73,78-80,82-84,86-90H,4-24,26-30,32-54H2,1-3H3,(H,76,81)(H,77,85)(H,91,92)/b31-25-. The van der Waals surface area contributed by atoms with Gasteiger partial charge < -0.3 is 100 Å². The summed E-state index contributed by atoms with van der Waals surface area (Å²) in [6.07, 6.45) is 27.7. The van der Waals surface area contributed by atoms with Crippen LogP contribution in [0.2, 0.25) is 0 Å². The van der Waals surface area contributed by atoms with Crippen LogP contribution >= 0.6 is 0 Å². The molecular formula is C75H140N2O21. The van der Waals surface area contributed by atoms with Crippen molar-refractivity contribution in [3.63, 3.8) is 0 Å². The van der Waals surface area contributed by atoms with Crippen LogP contribution in [0.1, 0.15) is 310 Å².